The molecule has 1 amide bonds. The smallest absolute Gasteiger partial charge is 0.446 e. The van der Waals surface area contributed by atoms with Crippen LogP contribution in [0.4, 0.5) is 9.18 Å². The van der Waals surface area contributed by atoms with E-state index in [1.807, 2.05) is 53.3 Å². The van der Waals surface area contributed by atoms with Gasteiger partial charge in [-0.05, 0) is 74.4 Å². The average Bonchev–Trinajstić information content (AvgIpc) is 3.71. The molecule has 1 aliphatic carbocycles. The maximum atomic E-state index is 13.7. The first-order valence-electron chi connectivity index (χ1n) is 13.2. The first-order valence-corrected chi connectivity index (χ1v) is 15.5. The zero-order chi connectivity index (χ0) is 30.8. The molecule has 0 spiro atoms. The fourth-order valence-electron chi connectivity index (χ4n) is 5.03. The van der Waals surface area contributed by atoms with Crippen LogP contribution in [0.5, 0.6) is 0 Å². The van der Waals surface area contributed by atoms with Gasteiger partial charge < -0.3 is 4.74 Å². The van der Waals surface area contributed by atoms with Gasteiger partial charge in [0.1, 0.15) is 18.1 Å². The SMILES string of the molecule is O=C(NS(=O)(=O)NCCCc1nonc1-c1noc(=O)n1-c1ccc(F)c(Br)c1)OCC1c2ccccc2-c2ccccc21. The minimum Gasteiger partial charge on any atom is -0.448 e. The molecular formula is C28H22BrFN6O7S. The van der Waals surface area contributed by atoms with Gasteiger partial charge in [0.2, 0.25) is 5.82 Å². The summed E-state index contributed by atoms with van der Waals surface area (Å²) in [6, 6.07) is 19.5. The van der Waals surface area contributed by atoms with Crippen LogP contribution in [0.2, 0.25) is 0 Å². The normalized spacial score (nSPS) is 12.6. The summed E-state index contributed by atoms with van der Waals surface area (Å²) >= 11 is 3.07. The lowest BCUT2D eigenvalue weighted by Crippen LogP contribution is -2.41. The fraction of sp³-hybridized carbons (Fsp3) is 0.179. The molecule has 1 aliphatic rings. The van der Waals surface area contributed by atoms with Crippen LogP contribution >= 0.6 is 15.9 Å². The molecule has 44 heavy (non-hydrogen) atoms. The molecule has 16 heteroatoms. The van der Waals surface area contributed by atoms with Crippen LogP contribution in [0.25, 0.3) is 28.3 Å². The van der Waals surface area contributed by atoms with Crippen molar-refractivity contribution in [3.63, 3.8) is 0 Å². The number of aromatic nitrogens is 4. The van der Waals surface area contributed by atoms with Crippen LogP contribution in [0, 0.1) is 5.82 Å². The molecule has 0 aliphatic heterocycles. The van der Waals surface area contributed by atoms with Gasteiger partial charge in [0.05, 0.1) is 10.2 Å². The number of nitrogens with zero attached hydrogens (tertiary/aromatic N) is 4. The van der Waals surface area contributed by atoms with Crippen LogP contribution < -0.4 is 15.2 Å². The van der Waals surface area contributed by atoms with Gasteiger partial charge in [0.15, 0.2) is 5.69 Å². The quantitative estimate of drug-likeness (QED) is 0.204. The lowest BCUT2D eigenvalue weighted by atomic mass is 9.98. The van der Waals surface area contributed by atoms with Gasteiger partial charge in [0.25, 0.3) is 0 Å². The highest BCUT2D eigenvalue weighted by Gasteiger charge is 2.29. The number of ether oxygens (including phenoxy) is 1. The highest BCUT2D eigenvalue weighted by atomic mass is 79.9. The van der Waals surface area contributed by atoms with Crippen molar-refractivity contribution in [3.8, 4) is 28.3 Å². The molecule has 0 atom stereocenters. The van der Waals surface area contributed by atoms with E-state index in [4.69, 9.17) is 13.9 Å². The van der Waals surface area contributed by atoms with Gasteiger partial charge in [0, 0.05) is 12.5 Å². The zero-order valence-electron chi connectivity index (χ0n) is 22.6. The second-order valence-electron chi connectivity index (χ2n) is 9.69. The molecule has 2 N–H and O–H groups in total. The van der Waals surface area contributed by atoms with Crippen molar-refractivity contribution in [3.05, 3.63) is 104 Å². The van der Waals surface area contributed by atoms with Gasteiger partial charge in [-0.3, -0.25) is 4.52 Å². The molecule has 0 unspecified atom stereocenters. The largest absolute Gasteiger partial charge is 0.448 e. The molecule has 0 saturated heterocycles. The Balaban J connectivity index is 1.04. The van der Waals surface area contributed by atoms with E-state index in [2.05, 4.69) is 36.1 Å². The Morgan fingerprint density at radius 3 is 2.43 bits per heavy atom. The number of rotatable bonds is 10. The number of halogens is 2. The first kappa shape index (κ1) is 29.4. The van der Waals surface area contributed by atoms with E-state index in [1.54, 1.807) is 0 Å². The van der Waals surface area contributed by atoms with Crippen molar-refractivity contribution < 1.29 is 31.5 Å². The third-order valence-electron chi connectivity index (χ3n) is 6.98. The molecular weight excluding hydrogens is 663 g/mol. The van der Waals surface area contributed by atoms with E-state index >= 15 is 0 Å². The number of benzene rings is 3. The molecule has 0 bridgehead atoms. The van der Waals surface area contributed by atoms with Gasteiger partial charge in [-0.25, -0.2) is 27.9 Å². The number of carbonyl (C=O) groups excluding carboxylic acids is 1. The fourth-order valence-corrected chi connectivity index (χ4v) is 6.16. The Hall–Kier alpha value is -4.67. The van der Waals surface area contributed by atoms with E-state index < -0.39 is 27.9 Å². The van der Waals surface area contributed by atoms with Crippen LogP contribution in [0.1, 0.15) is 29.2 Å². The Bertz CT molecular complexity index is 1980. The van der Waals surface area contributed by atoms with E-state index in [1.165, 1.54) is 12.1 Å². The Morgan fingerprint density at radius 2 is 1.73 bits per heavy atom. The van der Waals surface area contributed by atoms with Crippen molar-refractivity contribution in [1.82, 2.24) is 29.5 Å². The Labute approximate surface area is 257 Å². The molecule has 5 aromatic rings. The summed E-state index contributed by atoms with van der Waals surface area (Å²) in [5.41, 5.74) is 4.68. The monoisotopic (exact) mass is 684 g/mol. The number of hydrogen-bond acceptors (Lipinski definition) is 10. The van der Waals surface area contributed by atoms with Crippen LogP contribution in [-0.4, -0.2) is 47.7 Å². The lowest BCUT2D eigenvalue weighted by Gasteiger charge is -2.14. The maximum absolute atomic E-state index is 13.7. The first-order chi connectivity index (χ1) is 21.2. The summed E-state index contributed by atoms with van der Waals surface area (Å²) in [4.78, 5) is 24.8. The number of nitrogens with one attached hydrogen (secondary N) is 2. The standard InChI is InChI=1S/C28H22BrFN6O7S/c29-22-14-16(11-12-23(22)30)36-26(34-42-28(36)38)25-24(32-43-33-25)10-5-13-31-44(39,40)35-27(37)41-15-21-19-8-3-1-6-17(19)18-7-2-4-9-20(18)21/h1-4,6-9,11-12,14,21,31H,5,10,13,15H2,(H,35,37). The third kappa shape index (κ3) is 5.91. The minimum absolute atomic E-state index is 0.0396. The van der Waals surface area contributed by atoms with Crippen LogP contribution in [-0.2, 0) is 21.4 Å². The summed E-state index contributed by atoms with van der Waals surface area (Å²) < 4.78 is 58.9. The number of carbonyl (C=O) groups is 1. The summed E-state index contributed by atoms with van der Waals surface area (Å²) in [5, 5.41) is 11.4. The summed E-state index contributed by atoms with van der Waals surface area (Å²) in [5.74, 6) is -1.64. The zero-order valence-corrected chi connectivity index (χ0v) is 25.0. The van der Waals surface area contributed by atoms with Crippen molar-refractivity contribution in [1.29, 1.82) is 0 Å². The van der Waals surface area contributed by atoms with Crippen LogP contribution in [0.15, 0.2) is 85.1 Å². The predicted octanol–water partition coefficient (Wildman–Crippen LogP) is 4.08. The molecule has 2 heterocycles. The number of hydrogen-bond donors (Lipinski definition) is 2. The molecule has 0 radical (unpaired) electrons. The Morgan fingerprint density at radius 1 is 1.02 bits per heavy atom. The molecule has 13 nitrogen and oxygen atoms in total. The summed E-state index contributed by atoms with van der Waals surface area (Å²) in [6.07, 6.45) is -0.754. The molecule has 3 aromatic carbocycles. The van der Waals surface area contributed by atoms with Crippen molar-refractivity contribution in [2.75, 3.05) is 13.2 Å². The topological polar surface area (TPSA) is 171 Å². The molecule has 0 saturated carbocycles. The van der Waals surface area contributed by atoms with Gasteiger partial charge in [-0.1, -0.05) is 58.8 Å². The van der Waals surface area contributed by atoms with Crippen LogP contribution in [0.3, 0.4) is 0 Å². The third-order valence-corrected chi connectivity index (χ3v) is 8.61. The van der Waals surface area contributed by atoms with E-state index in [-0.39, 0.29) is 59.3 Å². The predicted molar refractivity (Wildman–Crippen MR) is 156 cm³/mol. The Kier molecular flexibility index (Phi) is 8.11. The number of fused-ring (bicyclic) bond motifs is 3. The van der Waals surface area contributed by atoms with E-state index in [0.717, 1.165) is 32.9 Å². The highest BCUT2D eigenvalue weighted by molar-refractivity contribution is 9.10. The molecule has 0 fully saturated rings. The summed E-state index contributed by atoms with van der Waals surface area (Å²) in [6.45, 7) is -0.131. The second kappa shape index (κ2) is 12.1. The van der Waals surface area contributed by atoms with Gasteiger partial charge in [-0.2, -0.15) is 13.1 Å². The van der Waals surface area contributed by atoms with E-state index in [0.29, 0.717) is 0 Å². The molecule has 226 valence electrons. The number of aryl methyl sites for hydroxylation is 1. The van der Waals surface area contributed by atoms with Gasteiger partial charge in [-0.15, -0.1) is 0 Å². The highest BCUT2D eigenvalue weighted by Crippen LogP contribution is 2.44. The molecule has 2 aromatic heterocycles. The van der Waals surface area contributed by atoms with E-state index in [9.17, 15) is 22.4 Å². The lowest BCUT2D eigenvalue weighted by molar-refractivity contribution is 0.149. The average molecular weight is 685 g/mol. The maximum Gasteiger partial charge on any atom is 0.446 e. The van der Waals surface area contributed by atoms with Gasteiger partial charge >= 0.3 is 22.1 Å². The second-order valence-corrected chi connectivity index (χ2v) is 12.0. The summed E-state index contributed by atoms with van der Waals surface area (Å²) in [7, 11) is -4.24. The van der Waals surface area contributed by atoms with Crippen molar-refractivity contribution >= 4 is 32.2 Å². The number of amides is 1. The molecule has 6 rings (SSSR count). The van der Waals surface area contributed by atoms with Crippen molar-refractivity contribution in [2.45, 2.75) is 18.8 Å². The van der Waals surface area contributed by atoms with Crippen molar-refractivity contribution in [2.24, 2.45) is 0 Å². The minimum atomic E-state index is -4.24.